The minimum absolute atomic E-state index is 0.102. The zero-order valence-corrected chi connectivity index (χ0v) is 17.8. The van der Waals surface area contributed by atoms with E-state index in [1.165, 1.54) is 24.3 Å². The number of hydrogen-bond acceptors (Lipinski definition) is 5. The van der Waals surface area contributed by atoms with Crippen molar-refractivity contribution in [2.24, 2.45) is 10.2 Å². The number of carbonyl (C=O) groups excluding carboxylic acids is 1. The predicted molar refractivity (Wildman–Crippen MR) is 129 cm³/mol. The van der Waals surface area contributed by atoms with E-state index in [0.717, 1.165) is 21.9 Å². The molecule has 34 heavy (non-hydrogen) atoms. The van der Waals surface area contributed by atoms with Gasteiger partial charge < -0.3 is 9.67 Å². The predicted octanol–water partition coefficient (Wildman–Crippen LogP) is 6.38. The van der Waals surface area contributed by atoms with Crippen LogP contribution in [0.15, 0.2) is 101 Å². The molecule has 1 heterocycles. The third-order valence-electron chi connectivity index (χ3n) is 5.69. The Bertz CT molecular complexity index is 1580. The van der Waals surface area contributed by atoms with Gasteiger partial charge in [-0.25, -0.2) is 0 Å². The lowest BCUT2D eigenvalue weighted by Gasteiger charge is -2.10. The van der Waals surface area contributed by atoms with Crippen molar-refractivity contribution in [3.05, 3.63) is 112 Å². The lowest BCUT2D eigenvalue weighted by molar-refractivity contribution is -0.384. The normalized spacial score (nSPS) is 11.4. The number of para-hydroxylation sites is 1. The number of nitrogens with zero attached hydrogens (tertiary/aromatic N) is 4. The quantitative estimate of drug-likeness (QED) is 0.190. The molecule has 5 rings (SSSR count). The Kier molecular flexibility index (Phi) is 5.31. The second-order valence-corrected chi connectivity index (χ2v) is 7.72. The van der Waals surface area contributed by atoms with Crippen LogP contribution in [0.4, 0.5) is 11.4 Å². The number of azo groups is 1. The zero-order chi connectivity index (χ0) is 23.7. The highest BCUT2D eigenvalue weighted by Gasteiger charge is 2.18. The molecule has 0 fully saturated rings. The number of aromatic nitrogens is 1. The second kappa shape index (κ2) is 8.59. The molecule has 0 unspecified atom stereocenters. The van der Waals surface area contributed by atoms with Gasteiger partial charge >= 0.3 is 0 Å². The highest BCUT2D eigenvalue weighted by Crippen LogP contribution is 2.39. The second-order valence-electron chi connectivity index (χ2n) is 7.72. The van der Waals surface area contributed by atoms with E-state index >= 15 is 0 Å². The summed E-state index contributed by atoms with van der Waals surface area (Å²) >= 11 is 0. The summed E-state index contributed by atoms with van der Waals surface area (Å²) in [6, 6.07) is 26.5. The molecule has 0 aliphatic rings. The largest absolute Gasteiger partial charge is 0.493 e. The van der Waals surface area contributed by atoms with Crippen LogP contribution in [0.1, 0.15) is 15.9 Å². The average Bonchev–Trinajstić information content (AvgIpc) is 3.13. The van der Waals surface area contributed by atoms with Gasteiger partial charge in [-0.05, 0) is 34.5 Å². The third kappa shape index (κ3) is 3.77. The highest BCUT2D eigenvalue weighted by molar-refractivity contribution is 5.97. The van der Waals surface area contributed by atoms with Crippen molar-refractivity contribution in [3.8, 4) is 5.88 Å². The Labute approximate surface area is 193 Å². The molecule has 0 atom stereocenters. The molecule has 4 aromatic carbocycles. The van der Waals surface area contributed by atoms with E-state index in [2.05, 4.69) is 10.2 Å². The molecular formula is C26H18N4O4. The van der Waals surface area contributed by atoms with Crippen molar-refractivity contribution in [1.29, 1.82) is 0 Å². The number of hydrogen-bond donors (Lipinski definition) is 1. The number of rotatable bonds is 5. The zero-order valence-electron chi connectivity index (χ0n) is 17.8. The van der Waals surface area contributed by atoms with E-state index in [9.17, 15) is 20.0 Å². The molecule has 0 aliphatic carbocycles. The van der Waals surface area contributed by atoms with Crippen molar-refractivity contribution in [3.63, 3.8) is 0 Å². The maximum absolute atomic E-state index is 12.5. The fourth-order valence-electron chi connectivity index (χ4n) is 4.01. The molecule has 1 N–H and O–H groups in total. The monoisotopic (exact) mass is 450 g/mol. The first kappa shape index (κ1) is 21.0. The Hall–Kier alpha value is -4.85. The van der Waals surface area contributed by atoms with Gasteiger partial charge in [0.25, 0.3) is 11.6 Å². The van der Waals surface area contributed by atoms with Crippen LogP contribution in [0.2, 0.25) is 0 Å². The minimum Gasteiger partial charge on any atom is -0.493 e. The van der Waals surface area contributed by atoms with Crippen LogP contribution in [0.3, 0.4) is 0 Å². The van der Waals surface area contributed by atoms with Gasteiger partial charge in [0.15, 0.2) is 5.69 Å². The number of nitro groups is 1. The first-order valence-corrected chi connectivity index (χ1v) is 10.5. The van der Waals surface area contributed by atoms with Gasteiger partial charge in [0.05, 0.1) is 17.0 Å². The molecule has 5 aromatic rings. The maximum atomic E-state index is 12.5. The molecule has 0 saturated heterocycles. The fourth-order valence-corrected chi connectivity index (χ4v) is 4.01. The van der Waals surface area contributed by atoms with Crippen LogP contribution in [0, 0.1) is 10.1 Å². The molecular weight excluding hydrogens is 432 g/mol. The number of fused-ring (bicyclic) bond motifs is 2. The van der Waals surface area contributed by atoms with Crippen LogP contribution < -0.4 is 0 Å². The van der Waals surface area contributed by atoms with Gasteiger partial charge in [0.1, 0.15) is 0 Å². The number of non-ortho nitro benzene ring substituents is 1. The van der Waals surface area contributed by atoms with E-state index in [-0.39, 0.29) is 22.8 Å². The summed E-state index contributed by atoms with van der Waals surface area (Å²) in [5, 5.41) is 32.5. The molecule has 1 amide bonds. The standard InChI is InChI=1S/C26H18N4O4/c31-25(18-12-14-20(15-13-18)30(33)34)28-27-24-22-10-3-4-11-23(22)29(26(24)32)16-19-8-5-7-17-6-1-2-9-21(17)19/h1-15,32H,16H2. The minimum atomic E-state index is -0.666. The maximum Gasteiger partial charge on any atom is 0.295 e. The van der Waals surface area contributed by atoms with Gasteiger partial charge in [-0.15, -0.1) is 10.2 Å². The Morgan fingerprint density at radius 3 is 2.32 bits per heavy atom. The van der Waals surface area contributed by atoms with Gasteiger partial charge in [-0.3, -0.25) is 14.9 Å². The summed E-state index contributed by atoms with van der Waals surface area (Å²) in [7, 11) is 0. The van der Waals surface area contributed by atoms with Gasteiger partial charge in [-0.1, -0.05) is 60.7 Å². The first-order valence-electron chi connectivity index (χ1n) is 10.5. The molecule has 1 aromatic heterocycles. The fraction of sp³-hybridized carbons (Fsp3) is 0.0385. The van der Waals surface area contributed by atoms with E-state index in [0.29, 0.717) is 11.9 Å². The van der Waals surface area contributed by atoms with Gasteiger partial charge in [-0.2, -0.15) is 0 Å². The van der Waals surface area contributed by atoms with Crippen LogP contribution in [-0.4, -0.2) is 20.5 Å². The summed E-state index contributed by atoms with van der Waals surface area (Å²) < 4.78 is 1.74. The Morgan fingerprint density at radius 1 is 0.882 bits per heavy atom. The van der Waals surface area contributed by atoms with Crippen molar-refractivity contribution >= 4 is 39.0 Å². The summed E-state index contributed by atoms with van der Waals surface area (Å²) in [5.41, 5.74) is 2.01. The lowest BCUT2D eigenvalue weighted by atomic mass is 10.0. The SMILES string of the molecule is O=C(N=Nc1c(O)n(Cc2cccc3ccccc23)c2ccccc12)c1ccc([N+](=O)[O-])cc1. The molecule has 8 heteroatoms. The summed E-state index contributed by atoms with van der Waals surface area (Å²) in [4.78, 5) is 22.7. The van der Waals surface area contributed by atoms with E-state index in [1.54, 1.807) is 10.6 Å². The smallest absolute Gasteiger partial charge is 0.295 e. The number of nitro benzene ring substituents is 1. The Balaban J connectivity index is 1.52. The van der Waals surface area contributed by atoms with Crippen molar-refractivity contribution < 1.29 is 14.8 Å². The summed E-state index contributed by atoms with van der Waals surface area (Å²) in [5.74, 6) is -0.769. The summed E-state index contributed by atoms with van der Waals surface area (Å²) in [6.07, 6.45) is 0. The van der Waals surface area contributed by atoms with Crippen LogP contribution >= 0.6 is 0 Å². The first-order chi connectivity index (χ1) is 16.5. The molecule has 0 saturated carbocycles. The van der Waals surface area contributed by atoms with Gasteiger partial charge in [0, 0.05) is 23.1 Å². The highest BCUT2D eigenvalue weighted by atomic mass is 16.6. The van der Waals surface area contributed by atoms with E-state index < -0.39 is 10.8 Å². The van der Waals surface area contributed by atoms with Crippen molar-refractivity contribution in [1.82, 2.24) is 4.57 Å². The molecule has 166 valence electrons. The Morgan fingerprint density at radius 2 is 1.56 bits per heavy atom. The molecule has 0 radical (unpaired) electrons. The third-order valence-corrected chi connectivity index (χ3v) is 5.69. The topological polar surface area (TPSA) is 110 Å². The van der Waals surface area contributed by atoms with Crippen molar-refractivity contribution in [2.45, 2.75) is 6.54 Å². The molecule has 0 spiro atoms. The number of benzene rings is 4. The molecule has 8 nitrogen and oxygen atoms in total. The number of amides is 1. The van der Waals surface area contributed by atoms with E-state index in [1.807, 2.05) is 60.7 Å². The molecule has 0 aliphatic heterocycles. The van der Waals surface area contributed by atoms with Crippen LogP contribution in [0.25, 0.3) is 21.7 Å². The van der Waals surface area contributed by atoms with Crippen LogP contribution in [0.5, 0.6) is 5.88 Å². The van der Waals surface area contributed by atoms with Gasteiger partial charge in [0.2, 0.25) is 5.88 Å². The summed E-state index contributed by atoms with van der Waals surface area (Å²) in [6.45, 7) is 0.402. The van der Waals surface area contributed by atoms with E-state index in [4.69, 9.17) is 0 Å². The molecule has 0 bridgehead atoms. The average molecular weight is 450 g/mol. The number of carbonyl (C=O) groups is 1. The number of aromatic hydroxyl groups is 1. The van der Waals surface area contributed by atoms with Crippen molar-refractivity contribution in [2.75, 3.05) is 0 Å². The van der Waals surface area contributed by atoms with Crippen LogP contribution in [-0.2, 0) is 6.54 Å². The lowest BCUT2D eigenvalue weighted by Crippen LogP contribution is -1.99.